The van der Waals surface area contributed by atoms with Gasteiger partial charge in [-0.05, 0) is 23.4 Å². The number of rotatable bonds is 6. The van der Waals surface area contributed by atoms with E-state index in [0.717, 1.165) is 5.56 Å². The minimum atomic E-state index is -1.28. The third-order valence-corrected chi connectivity index (χ3v) is 3.40. The zero-order chi connectivity index (χ0) is 13.5. The fourth-order valence-corrected chi connectivity index (χ4v) is 2.44. The molecule has 0 aliphatic rings. The van der Waals surface area contributed by atoms with Crippen molar-refractivity contribution in [3.8, 4) is 6.07 Å². The number of carbonyl (C=O) groups is 2. The Morgan fingerprint density at radius 1 is 1.67 bits per heavy atom. The summed E-state index contributed by atoms with van der Waals surface area (Å²) in [4.78, 5) is 24.3. The lowest BCUT2D eigenvalue weighted by atomic mass is 10.0. The van der Waals surface area contributed by atoms with Gasteiger partial charge < -0.3 is 5.32 Å². The minimum Gasteiger partial charge on any atom is -0.351 e. The Kier molecular flexibility index (Phi) is 5.28. The monoisotopic (exact) mass is 262 g/mol. The molecule has 0 aliphatic carbocycles. The van der Waals surface area contributed by atoms with E-state index in [-0.39, 0.29) is 6.54 Å². The maximum Gasteiger partial charge on any atom is 0.245 e. The maximum absolute atomic E-state index is 12.1. The van der Waals surface area contributed by atoms with Gasteiger partial charge in [-0.3, -0.25) is 9.59 Å². The van der Waals surface area contributed by atoms with Crippen molar-refractivity contribution in [2.45, 2.75) is 13.3 Å². The number of ketones is 1. The van der Waals surface area contributed by atoms with Crippen LogP contribution in [0.5, 0.6) is 0 Å². The number of aryl methyl sites for hydroxylation is 1. The highest BCUT2D eigenvalue weighted by Crippen LogP contribution is 2.21. The molecule has 1 rings (SSSR count). The zero-order valence-electron chi connectivity index (χ0n) is 10.1. The van der Waals surface area contributed by atoms with Crippen molar-refractivity contribution in [1.82, 2.24) is 5.32 Å². The SMILES string of the molecule is C=CCNC(=O)C(C#N)C(=O)c1sccc1CC. The molecule has 0 saturated carbocycles. The summed E-state index contributed by atoms with van der Waals surface area (Å²) in [6, 6.07) is 3.60. The molecule has 4 nitrogen and oxygen atoms in total. The van der Waals surface area contributed by atoms with E-state index in [2.05, 4.69) is 11.9 Å². The summed E-state index contributed by atoms with van der Waals surface area (Å²) < 4.78 is 0. The highest BCUT2D eigenvalue weighted by atomic mass is 32.1. The quantitative estimate of drug-likeness (QED) is 0.484. The van der Waals surface area contributed by atoms with Crippen molar-refractivity contribution in [2.24, 2.45) is 5.92 Å². The fraction of sp³-hybridized carbons (Fsp3) is 0.308. The Hall–Kier alpha value is -1.93. The van der Waals surface area contributed by atoms with Gasteiger partial charge in [0.2, 0.25) is 5.91 Å². The van der Waals surface area contributed by atoms with E-state index >= 15 is 0 Å². The average Bonchev–Trinajstić information content (AvgIpc) is 2.85. The van der Waals surface area contributed by atoms with E-state index in [1.807, 2.05) is 13.0 Å². The van der Waals surface area contributed by atoms with Gasteiger partial charge in [-0.2, -0.15) is 5.26 Å². The number of nitrogens with one attached hydrogen (secondary N) is 1. The van der Waals surface area contributed by atoms with Crippen LogP contribution in [0.1, 0.15) is 22.2 Å². The normalized spacial score (nSPS) is 11.3. The Bertz CT molecular complexity index is 499. The first-order chi connectivity index (χ1) is 8.65. The number of nitriles is 1. The Balaban J connectivity index is 2.90. The van der Waals surface area contributed by atoms with Crippen LogP contribution >= 0.6 is 11.3 Å². The van der Waals surface area contributed by atoms with Crippen LogP contribution in [0.3, 0.4) is 0 Å². The molecule has 1 amide bonds. The van der Waals surface area contributed by atoms with E-state index in [1.54, 1.807) is 11.4 Å². The van der Waals surface area contributed by atoms with Gasteiger partial charge in [0, 0.05) is 6.54 Å². The lowest BCUT2D eigenvalue weighted by Crippen LogP contribution is -2.34. The van der Waals surface area contributed by atoms with Crippen LogP contribution in [0, 0.1) is 17.2 Å². The highest BCUT2D eigenvalue weighted by molar-refractivity contribution is 7.12. The molecular formula is C13H14N2O2S. The number of amides is 1. The molecule has 1 aromatic rings. The van der Waals surface area contributed by atoms with Crippen LogP contribution in [0.2, 0.25) is 0 Å². The van der Waals surface area contributed by atoms with Crippen LogP contribution in [-0.2, 0) is 11.2 Å². The van der Waals surface area contributed by atoms with Crippen molar-refractivity contribution >= 4 is 23.0 Å². The molecule has 1 atom stereocenters. The Morgan fingerprint density at radius 2 is 2.39 bits per heavy atom. The first-order valence-electron chi connectivity index (χ1n) is 5.54. The molecule has 0 saturated heterocycles. The molecular weight excluding hydrogens is 248 g/mol. The van der Waals surface area contributed by atoms with Crippen LogP contribution in [0.25, 0.3) is 0 Å². The molecule has 0 bridgehead atoms. The van der Waals surface area contributed by atoms with E-state index in [0.29, 0.717) is 11.3 Å². The lowest BCUT2D eigenvalue weighted by Gasteiger charge is -2.08. The van der Waals surface area contributed by atoms with Crippen LogP contribution in [0.15, 0.2) is 24.1 Å². The highest BCUT2D eigenvalue weighted by Gasteiger charge is 2.29. The first kappa shape index (κ1) is 14.1. The first-order valence-corrected chi connectivity index (χ1v) is 6.42. The van der Waals surface area contributed by atoms with Gasteiger partial charge in [-0.1, -0.05) is 13.0 Å². The molecule has 94 valence electrons. The molecule has 0 radical (unpaired) electrons. The van der Waals surface area contributed by atoms with Gasteiger partial charge in [0.15, 0.2) is 11.7 Å². The van der Waals surface area contributed by atoms with Gasteiger partial charge >= 0.3 is 0 Å². The predicted octanol–water partition coefficient (Wildman–Crippen LogP) is 1.94. The fourth-order valence-electron chi connectivity index (χ4n) is 1.47. The summed E-state index contributed by atoms with van der Waals surface area (Å²) in [5, 5.41) is 13.2. The third kappa shape index (κ3) is 3.05. The van der Waals surface area contributed by atoms with Crippen LogP contribution in [-0.4, -0.2) is 18.2 Å². The summed E-state index contributed by atoms with van der Waals surface area (Å²) in [5.74, 6) is -2.28. The Morgan fingerprint density at radius 3 is 2.94 bits per heavy atom. The van der Waals surface area contributed by atoms with Crippen molar-refractivity contribution in [1.29, 1.82) is 5.26 Å². The summed E-state index contributed by atoms with van der Waals surface area (Å²) in [5.41, 5.74) is 0.877. The second kappa shape index (κ2) is 6.72. The molecule has 1 heterocycles. The molecule has 0 spiro atoms. The maximum atomic E-state index is 12.1. The Labute approximate surface area is 110 Å². The van der Waals surface area contributed by atoms with E-state index in [1.165, 1.54) is 17.4 Å². The number of thiophene rings is 1. The van der Waals surface area contributed by atoms with Gasteiger partial charge in [0.25, 0.3) is 0 Å². The van der Waals surface area contributed by atoms with Crippen LogP contribution in [0.4, 0.5) is 0 Å². The minimum absolute atomic E-state index is 0.245. The topological polar surface area (TPSA) is 70.0 Å². The van der Waals surface area contributed by atoms with Gasteiger partial charge in [-0.25, -0.2) is 0 Å². The zero-order valence-corrected chi connectivity index (χ0v) is 10.9. The standard InChI is InChI=1S/C13H14N2O2S/c1-3-6-15-13(17)10(8-14)11(16)12-9(4-2)5-7-18-12/h3,5,7,10H,1,4,6H2,2H3,(H,15,17). The number of hydrogen-bond acceptors (Lipinski definition) is 4. The van der Waals surface area contributed by atoms with E-state index < -0.39 is 17.6 Å². The predicted molar refractivity (Wildman–Crippen MR) is 70.3 cm³/mol. The number of carbonyl (C=O) groups excluding carboxylic acids is 2. The number of Topliss-reactive ketones (excluding diaryl/α,β-unsaturated/α-hetero) is 1. The molecule has 0 aliphatic heterocycles. The second-order valence-electron chi connectivity index (χ2n) is 3.59. The summed E-state index contributed by atoms with van der Waals surface area (Å²) >= 11 is 1.27. The van der Waals surface area contributed by atoms with Gasteiger partial charge in [-0.15, -0.1) is 17.9 Å². The molecule has 0 aromatic carbocycles. The number of nitrogens with zero attached hydrogens (tertiary/aromatic N) is 1. The summed E-state index contributed by atoms with van der Waals surface area (Å²) in [7, 11) is 0. The molecule has 0 fully saturated rings. The average molecular weight is 262 g/mol. The lowest BCUT2D eigenvalue weighted by molar-refractivity contribution is -0.121. The van der Waals surface area contributed by atoms with Crippen molar-refractivity contribution < 1.29 is 9.59 Å². The largest absolute Gasteiger partial charge is 0.351 e. The molecule has 1 N–H and O–H groups in total. The molecule has 18 heavy (non-hydrogen) atoms. The number of hydrogen-bond donors (Lipinski definition) is 1. The van der Waals surface area contributed by atoms with E-state index in [4.69, 9.17) is 5.26 Å². The smallest absolute Gasteiger partial charge is 0.245 e. The molecule has 1 aromatic heterocycles. The van der Waals surface area contributed by atoms with Gasteiger partial charge in [0.1, 0.15) is 0 Å². The van der Waals surface area contributed by atoms with Crippen molar-refractivity contribution in [3.05, 3.63) is 34.5 Å². The summed E-state index contributed by atoms with van der Waals surface area (Å²) in [6.45, 7) is 5.63. The van der Waals surface area contributed by atoms with Crippen molar-refractivity contribution in [3.63, 3.8) is 0 Å². The second-order valence-corrected chi connectivity index (χ2v) is 4.50. The van der Waals surface area contributed by atoms with Gasteiger partial charge in [0.05, 0.1) is 10.9 Å². The third-order valence-electron chi connectivity index (χ3n) is 2.43. The van der Waals surface area contributed by atoms with E-state index in [9.17, 15) is 9.59 Å². The molecule has 5 heteroatoms. The van der Waals surface area contributed by atoms with Crippen molar-refractivity contribution in [2.75, 3.05) is 6.54 Å². The van der Waals surface area contributed by atoms with Crippen LogP contribution < -0.4 is 5.32 Å². The molecule has 1 unspecified atom stereocenters. The summed E-state index contributed by atoms with van der Waals surface area (Å²) in [6.07, 6.45) is 2.20.